The van der Waals surface area contributed by atoms with Gasteiger partial charge in [0.1, 0.15) is 0 Å². The molecule has 12 heavy (non-hydrogen) atoms. The fourth-order valence-electron chi connectivity index (χ4n) is 1.09. The summed E-state index contributed by atoms with van der Waals surface area (Å²) in [6.07, 6.45) is 7.45. The summed E-state index contributed by atoms with van der Waals surface area (Å²) < 4.78 is 5.66. The molecular formula is C9H11BrO2. The van der Waals surface area contributed by atoms with Crippen molar-refractivity contribution in [2.45, 2.75) is 12.8 Å². The third-order valence-electron chi connectivity index (χ3n) is 1.80. The largest absolute Gasteiger partial charge is 0.469 e. The van der Waals surface area contributed by atoms with E-state index in [2.05, 4.69) is 26.7 Å². The fourth-order valence-corrected chi connectivity index (χ4v) is 1.43. The Balaban J connectivity index is 2.38. The van der Waals surface area contributed by atoms with Gasteiger partial charge in [-0.3, -0.25) is 4.79 Å². The molecule has 0 heterocycles. The van der Waals surface area contributed by atoms with Gasteiger partial charge in [0.2, 0.25) is 0 Å². The van der Waals surface area contributed by atoms with Crippen LogP contribution in [0.5, 0.6) is 0 Å². The third-order valence-corrected chi connectivity index (χ3v) is 2.39. The van der Waals surface area contributed by atoms with Crippen LogP contribution in [0.1, 0.15) is 12.8 Å². The van der Waals surface area contributed by atoms with Gasteiger partial charge in [-0.2, -0.15) is 0 Å². The van der Waals surface area contributed by atoms with Crippen molar-refractivity contribution < 1.29 is 9.53 Å². The Hall–Kier alpha value is -0.570. The molecule has 66 valence electrons. The van der Waals surface area contributed by atoms with E-state index in [1.54, 1.807) is 0 Å². The first-order valence-electron chi connectivity index (χ1n) is 3.83. The van der Waals surface area contributed by atoms with Gasteiger partial charge in [0.05, 0.1) is 13.5 Å². The number of esters is 1. The second kappa shape index (κ2) is 4.45. The number of hydrogen-bond donors (Lipinski definition) is 0. The van der Waals surface area contributed by atoms with Gasteiger partial charge in [0, 0.05) is 4.48 Å². The minimum absolute atomic E-state index is 0.143. The maximum Gasteiger partial charge on any atom is 0.306 e. The van der Waals surface area contributed by atoms with E-state index in [-0.39, 0.29) is 5.97 Å². The Morgan fingerprint density at radius 1 is 1.83 bits per heavy atom. The third kappa shape index (κ3) is 2.81. The highest BCUT2D eigenvalue weighted by Crippen LogP contribution is 2.22. The second-order valence-corrected chi connectivity index (χ2v) is 3.64. The molecule has 0 fully saturated rings. The first-order chi connectivity index (χ1) is 5.72. The Bertz CT molecular complexity index is 231. The zero-order valence-corrected chi connectivity index (χ0v) is 8.50. The van der Waals surface area contributed by atoms with Crippen LogP contribution in [0, 0.1) is 5.92 Å². The van der Waals surface area contributed by atoms with Crippen LogP contribution in [0.2, 0.25) is 0 Å². The minimum atomic E-state index is -0.143. The number of methoxy groups -OCH3 is 1. The van der Waals surface area contributed by atoms with E-state index in [0.29, 0.717) is 12.3 Å². The molecule has 1 aliphatic rings. The van der Waals surface area contributed by atoms with Crippen molar-refractivity contribution in [3.63, 3.8) is 0 Å². The lowest BCUT2D eigenvalue weighted by atomic mass is 9.98. The van der Waals surface area contributed by atoms with Crippen LogP contribution < -0.4 is 0 Å². The number of hydrogen-bond acceptors (Lipinski definition) is 2. The molecule has 1 rings (SSSR count). The predicted molar refractivity (Wildman–Crippen MR) is 50.9 cm³/mol. The molecule has 0 saturated carbocycles. The van der Waals surface area contributed by atoms with E-state index in [4.69, 9.17) is 0 Å². The van der Waals surface area contributed by atoms with Gasteiger partial charge >= 0.3 is 5.97 Å². The van der Waals surface area contributed by atoms with Gasteiger partial charge in [-0.15, -0.1) is 0 Å². The molecule has 0 amide bonds. The van der Waals surface area contributed by atoms with Crippen molar-refractivity contribution in [3.05, 3.63) is 22.7 Å². The van der Waals surface area contributed by atoms with Gasteiger partial charge in [-0.25, -0.2) is 0 Å². The Morgan fingerprint density at radius 2 is 2.58 bits per heavy atom. The maximum atomic E-state index is 10.9. The SMILES string of the molecule is COC(=O)CC1C=CC(Br)=CC1. The summed E-state index contributed by atoms with van der Waals surface area (Å²) >= 11 is 3.36. The van der Waals surface area contributed by atoms with Crippen molar-refractivity contribution in [2.75, 3.05) is 7.11 Å². The number of allylic oxidation sites excluding steroid dienone is 4. The number of carbonyl (C=O) groups is 1. The summed E-state index contributed by atoms with van der Waals surface area (Å²) in [6, 6.07) is 0. The number of ether oxygens (including phenoxy) is 1. The van der Waals surface area contributed by atoms with E-state index in [1.807, 2.05) is 12.2 Å². The summed E-state index contributed by atoms with van der Waals surface area (Å²) in [7, 11) is 1.42. The Kier molecular flexibility index (Phi) is 3.53. The smallest absolute Gasteiger partial charge is 0.306 e. The lowest BCUT2D eigenvalue weighted by Crippen LogP contribution is -2.08. The summed E-state index contributed by atoms with van der Waals surface area (Å²) in [5.41, 5.74) is 0. The lowest BCUT2D eigenvalue weighted by Gasteiger charge is -2.11. The van der Waals surface area contributed by atoms with Crippen molar-refractivity contribution >= 4 is 21.9 Å². The molecule has 0 aromatic heterocycles. The van der Waals surface area contributed by atoms with Crippen molar-refractivity contribution in [3.8, 4) is 0 Å². The standard InChI is InChI=1S/C9H11BrO2/c1-12-9(11)6-7-2-4-8(10)5-3-7/h2,4-5,7H,3,6H2,1H3. The summed E-state index contributed by atoms with van der Waals surface area (Å²) in [4.78, 5) is 10.9. The monoisotopic (exact) mass is 230 g/mol. The average Bonchev–Trinajstić information content (AvgIpc) is 2.09. The molecule has 3 heteroatoms. The number of halogens is 1. The highest BCUT2D eigenvalue weighted by atomic mass is 79.9. The number of carbonyl (C=O) groups excluding carboxylic acids is 1. The first kappa shape index (κ1) is 9.52. The molecule has 0 N–H and O–H groups in total. The summed E-state index contributed by atoms with van der Waals surface area (Å²) in [5.74, 6) is 0.162. The van der Waals surface area contributed by atoms with Crippen molar-refractivity contribution in [2.24, 2.45) is 5.92 Å². The van der Waals surface area contributed by atoms with Crippen LogP contribution in [-0.2, 0) is 9.53 Å². The fraction of sp³-hybridized carbons (Fsp3) is 0.444. The minimum Gasteiger partial charge on any atom is -0.469 e. The second-order valence-electron chi connectivity index (χ2n) is 2.72. The molecule has 1 atom stereocenters. The lowest BCUT2D eigenvalue weighted by molar-refractivity contribution is -0.141. The zero-order valence-electron chi connectivity index (χ0n) is 6.92. The molecule has 0 aromatic carbocycles. The molecule has 2 nitrogen and oxygen atoms in total. The zero-order chi connectivity index (χ0) is 8.97. The highest BCUT2D eigenvalue weighted by molar-refractivity contribution is 9.11. The molecule has 1 aliphatic carbocycles. The van der Waals surface area contributed by atoms with E-state index in [9.17, 15) is 4.79 Å². The molecular weight excluding hydrogens is 220 g/mol. The molecule has 0 bridgehead atoms. The molecule has 1 unspecified atom stereocenters. The van der Waals surface area contributed by atoms with Crippen LogP contribution in [0.4, 0.5) is 0 Å². The van der Waals surface area contributed by atoms with E-state index >= 15 is 0 Å². The van der Waals surface area contributed by atoms with Gasteiger partial charge in [0.15, 0.2) is 0 Å². The predicted octanol–water partition coefficient (Wildman–Crippen LogP) is 2.40. The van der Waals surface area contributed by atoms with Crippen molar-refractivity contribution in [1.82, 2.24) is 0 Å². The van der Waals surface area contributed by atoms with Crippen LogP contribution in [0.25, 0.3) is 0 Å². The molecule has 0 saturated heterocycles. The maximum absolute atomic E-state index is 10.9. The summed E-state index contributed by atoms with van der Waals surface area (Å²) in [5, 5.41) is 0. The molecule has 0 aromatic rings. The Morgan fingerprint density at radius 3 is 3.08 bits per heavy atom. The Labute approximate surface area is 80.4 Å². The molecule has 0 aliphatic heterocycles. The highest BCUT2D eigenvalue weighted by Gasteiger charge is 2.12. The van der Waals surface area contributed by atoms with Crippen LogP contribution in [-0.4, -0.2) is 13.1 Å². The molecule has 0 radical (unpaired) electrons. The van der Waals surface area contributed by atoms with Gasteiger partial charge in [-0.05, 0) is 12.3 Å². The quantitative estimate of drug-likeness (QED) is 0.682. The van der Waals surface area contributed by atoms with Crippen LogP contribution >= 0.6 is 15.9 Å². The van der Waals surface area contributed by atoms with Crippen LogP contribution in [0.3, 0.4) is 0 Å². The van der Waals surface area contributed by atoms with E-state index in [0.717, 1.165) is 10.9 Å². The van der Waals surface area contributed by atoms with Crippen molar-refractivity contribution in [1.29, 1.82) is 0 Å². The first-order valence-corrected chi connectivity index (χ1v) is 4.62. The topological polar surface area (TPSA) is 26.3 Å². The van der Waals surface area contributed by atoms with Gasteiger partial charge in [-0.1, -0.05) is 34.2 Å². The number of rotatable bonds is 2. The molecule has 0 spiro atoms. The average molecular weight is 231 g/mol. The summed E-state index contributed by atoms with van der Waals surface area (Å²) in [6.45, 7) is 0. The van der Waals surface area contributed by atoms with Gasteiger partial charge < -0.3 is 4.74 Å². The van der Waals surface area contributed by atoms with E-state index in [1.165, 1.54) is 7.11 Å². The normalized spacial score (nSPS) is 21.8. The van der Waals surface area contributed by atoms with Crippen LogP contribution in [0.15, 0.2) is 22.7 Å². The van der Waals surface area contributed by atoms with Gasteiger partial charge in [0.25, 0.3) is 0 Å². The van der Waals surface area contributed by atoms with E-state index < -0.39 is 0 Å².